The van der Waals surface area contributed by atoms with Crippen LogP contribution in [-0.2, 0) is 9.96 Å². The monoisotopic (exact) mass is 220 g/mol. The molecular weight excluding hydrogens is 200 g/mol. The van der Waals surface area contributed by atoms with E-state index in [-0.39, 0.29) is 14.7 Å². The molecule has 1 heterocycles. The van der Waals surface area contributed by atoms with Crippen LogP contribution in [0.5, 0.6) is 0 Å². The maximum atomic E-state index is 6.15. The van der Waals surface area contributed by atoms with Crippen molar-refractivity contribution in [1.29, 1.82) is 0 Å². The molecule has 82 valence electrons. The van der Waals surface area contributed by atoms with Crippen LogP contribution in [0.3, 0.4) is 0 Å². The van der Waals surface area contributed by atoms with Gasteiger partial charge in [0.15, 0.2) is 0 Å². The topological polar surface area (TPSA) is 9.23 Å². The first-order valence-corrected chi connectivity index (χ1v) is 7.77. The van der Waals surface area contributed by atoms with Gasteiger partial charge in [-0.2, -0.15) is 0 Å². The summed E-state index contributed by atoms with van der Waals surface area (Å²) in [4.78, 5) is 0. The van der Waals surface area contributed by atoms with Gasteiger partial charge in [-0.15, -0.1) is 0 Å². The van der Waals surface area contributed by atoms with Gasteiger partial charge in [-0.05, 0) is 24.8 Å². The van der Waals surface area contributed by atoms with E-state index < -0.39 is 0 Å². The molecule has 0 amide bonds. The number of ether oxygens (including phenoxy) is 1. The van der Waals surface area contributed by atoms with Crippen LogP contribution in [0.1, 0.15) is 31.7 Å². The second-order valence-corrected chi connectivity index (χ2v) is 7.06. The molecule has 1 nitrogen and oxygen atoms in total. The Morgan fingerprint density at radius 3 is 2.67 bits per heavy atom. The van der Waals surface area contributed by atoms with Gasteiger partial charge in [0.05, 0.1) is 14.7 Å². The lowest BCUT2D eigenvalue weighted by molar-refractivity contribution is -0.0239. The van der Waals surface area contributed by atoms with Crippen LogP contribution < -0.4 is 0 Å². The van der Waals surface area contributed by atoms with Gasteiger partial charge in [0.25, 0.3) is 0 Å². The third-order valence-electron chi connectivity index (χ3n) is 3.31. The molecule has 0 aromatic heterocycles. The summed E-state index contributed by atoms with van der Waals surface area (Å²) in [5.41, 5.74) is 1.43. The molecule has 1 aromatic rings. The molecular formula is C13H20OSi. The highest BCUT2D eigenvalue weighted by Gasteiger charge is 2.33. The van der Waals surface area contributed by atoms with E-state index in [0.29, 0.717) is 0 Å². The molecule has 1 aliphatic heterocycles. The molecule has 0 spiro atoms. The zero-order valence-corrected chi connectivity index (χ0v) is 11.0. The van der Waals surface area contributed by atoms with Crippen molar-refractivity contribution in [2.45, 2.75) is 37.5 Å². The summed E-state index contributed by atoms with van der Waals surface area (Å²) in [5.74, 6) is 0. The Hall–Kier alpha value is -0.603. The minimum Gasteiger partial charge on any atom is -0.375 e. The van der Waals surface area contributed by atoms with Crippen molar-refractivity contribution in [3.8, 4) is 0 Å². The molecule has 1 unspecified atom stereocenters. The summed E-state index contributed by atoms with van der Waals surface area (Å²) in [5, 5.41) is 0.161. The first-order valence-electron chi connectivity index (χ1n) is 6.07. The molecule has 1 aliphatic rings. The third-order valence-corrected chi connectivity index (χ3v) is 5.58. The highest BCUT2D eigenvalue weighted by molar-refractivity contribution is 6.39. The summed E-state index contributed by atoms with van der Waals surface area (Å²) in [6.07, 6.45) is 3.83. The van der Waals surface area contributed by atoms with Crippen LogP contribution in [0, 0.1) is 0 Å². The highest BCUT2D eigenvalue weighted by atomic mass is 28.2. The first-order chi connectivity index (χ1) is 7.37. The van der Waals surface area contributed by atoms with E-state index >= 15 is 0 Å². The van der Waals surface area contributed by atoms with Crippen molar-refractivity contribution in [3.05, 3.63) is 35.9 Å². The molecule has 15 heavy (non-hydrogen) atoms. The molecule has 0 saturated carbocycles. The zero-order chi connectivity index (χ0) is 10.6. The van der Waals surface area contributed by atoms with E-state index in [9.17, 15) is 0 Å². The second kappa shape index (κ2) is 4.95. The van der Waals surface area contributed by atoms with Gasteiger partial charge in [0, 0.05) is 6.61 Å². The SMILES string of the molecule is CC[SiH2]C1(c2ccccc2)CCCCO1. The molecule has 0 radical (unpaired) electrons. The van der Waals surface area contributed by atoms with E-state index in [2.05, 4.69) is 37.3 Å². The smallest absolute Gasteiger partial charge is 0.0757 e. The second-order valence-electron chi connectivity index (χ2n) is 4.42. The predicted octanol–water partition coefficient (Wildman–Crippen LogP) is 2.65. The maximum absolute atomic E-state index is 6.15. The fraction of sp³-hybridized carbons (Fsp3) is 0.538. The average molecular weight is 220 g/mol. The minimum absolute atomic E-state index is 0.151. The fourth-order valence-corrected chi connectivity index (χ4v) is 4.69. The number of hydrogen-bond acceptors (Lipinski definition) is 1. The van der Waals surface area contributed by atoms with Crippen molar-refractivity contribution >= 4 is 9.52 Å². The van der Waals surface area contributed by atoms with E-state index in [1.807, 2.05) is 0 Å². The molecule has 1 atom stereocenters. The summed E-state index contributed by atoms with van der Waals surface area (Å²) >= 11 is 0. The van der Waals surface area contributed by atoms with Crippen LogP contribution >= 0.6 is 0 Å². The number of rotatable bonds is 3. The van der Waals surface area contributed by atoms with Crippen molar-refractivity contribution < 1.29 is 4.74 Å². The van der Waals surface area contributed by atoms with E-state index in [4.69, 9.17) is 4.74 Å². The first kappa shape index (κ1) is 10.9. The fourth-order valence-electron chi connectivity index (χ4n) is 2.57. The van der Waals surface area contributed by atoms with Crippen LogP contribution in [-0.4, -0.2) is 16.1 Å². The quantitative estimate of drug-likeness (QED) is 0.712. The largest absolute Gasteiger partial charge is 0.375 e. The van der Waals surface area contributed by atoms with Crippen LogP contribution in [0.2, 0.25) is 6.04 Å². The van der Waals surface area contributed by atoms with Crippen LogP contribution in [0.4, 0.5) is 0 Å². The van der Waals surface area contributed by atoms with Gasteiger partial charge < -0.3 is 4.74 Å². The molecule has 1 saturated heterocycles. The average Bonchev–Trinajstić information content (AvgIpc) is 2.32. The Labute approximate surface area is 94.7 Å². The van der Waals surface area contributed by atoms with E-state index in [1.54, 1.807) is 0 Å². The van der Waals surface area contributed by atoms with Gasteiger partial charge >= 0.3 is 0 Å². The van der Waals surface area contributed by atoms with Gasteiger partial charge in [-0.25, -0.2) is 0 Å². The lowest BCUT2D eigenvalue weighted by Crippen LogP contribution is -2.39. The Morgan fingerprint density at radius 2 is 2.07 bits per heavy atom. The number of hydrogen-bond donors (Lipinski definition) is 0. The van der Waals surface area contributed by atoms with Gasteiger partial charge in [-0.1, -0.05) is 43.3 Å². The Kier molecular flexibility index (Phi) is 3.60. The van der Waals surface area contributed by atoms with Crippen molar-refractivity contribution in [1.82, 2.24) is 0 Å². The molecule has 2 heteroatoms. The molecule has 0 N–H and O–H groups in total. The summed E-state index contributed by atoms with van der Waals surface area (Å²) in [6, 6.07) is 12.2. The molecule has 0 aliphatic carbocycles. The standard InChI is InChI=1S/C13H20OSi/c1-2-15-13(10-6-7-11-14-13)12-8-4-3-5-9-12/h3-5,8-9H,2,6-7,10-11,15H2,1H3. The molecule has 1 aromatic carbocycles. The predicted molar refractivity (Wildman–Crippen MR) is 66.9 cm³/mol. The highest BCUT2D eigenvalue weighted by Crippen LogP contribution is 2.34. The third kappa shape index (κ3) is 2.32. The van der Waals surface area contributed by atoms with Crippen molar-refractivity contribution in [2.75, 3.05) is 6.61 Å². The minimum atomic E-state index is -0.151. The van der Waals surface area contributed by atoms with E-state index in [1.165, 1.54) is 30.9 Å². The summed E-state index contributed by atoms with van der Waals surface area (Å²) in [7, 11) is -0.151. The van der Waals surface area contributed by atoms with Crippen molar-refractivity contribution in [3.63, 3.8) is 0 Å². The zero-order valence-electron chi connectivity index (χ0n) is 9.54. The maximum Gasteiger partial charge on any atom is 0.0757 e. The van der Waals surface area contributed by atoms with Crippen LogP contribution in [0.25, 0.3) is 0 Å². The Morgan fingerprint density at radius 1 is 1.27 bits per heavy atom. The number of benzene rings is 1. The van der Waals surface area contributed by atoms with Gasteiger partial charge in [0.2, 0.25) is 0 Å². The van der Waals surface area contributed by atoms with Crippen molar-refractivity contribution in [2.24, 2.45) is 0 Å². The van der Waals surface area contributed by atoms with Crippen LogP contribution in [0.15, 0.2) is 30.3 Å². The summed E-state index contributed by atoms with van der Waals surface area (Å²) in [6.45, 7) is 3.26. The molecule has 2 rings (SSSR count). The Bertz CT molecular complexity index is 285. The molecule has 1 fully saturated rings. The molecule has 0 bridgehead atoms. The summed E-state index contributed by atoms with van der Waals surface area (Å²) < 4.78 is 6.15. The van der Waals surface area contributed by atoms with Gasteiger partial charge in [-0.3, -0.25) is 0 Å². The lowest BCUT2D eigenvalue weighted by Gasteiger charge is -2.37. The Balaban J connectivity index is 2.25. The normalized spacial score (nSPS) is 27.3. The lowest BCUT2D eigenvalue weighted by atomic mass is 10.0. The van der Waals surface area contributed by atoms with E-state index in [0.717, 1.165) is 6.61 Å². The van der Waals surface area contributed by atoms with Gasteiger partial charge in [0.1, 0.15) is 0 Å².